The number of likely N-dealkylation sites (N-methyl/N-ethyl adjacent to an activating group) is 1. The van der Waals surface area contributed by atoms with E-state index in [0.717, 1.165) is 5.75 Å². The van der Waals surface area contributed by atoms with Crippen LogP contribution in [0.5, 0.6) is 0 Å². The van der Waals surface area contributed by atoms with Crippen LogP contribution in [0, 0.1) is 5.41 Å². The van der Waals surface area contributed by atoms with E-state index in [0.29, 0.717) is 6.42 Å². The summed E-state index contributed by atoms with van der Waals surface area (Å²) in [6, 6.07) is -0.346. The lowest BCUT2D eigenvalue weighted by atomic mass is 9.86. The summed E-state index contributed by atoms with van der Waals surface area (Å²) in [4.78, 5) is 25.4. The first-order valence-corrected chi connectivity index (χ1v) is 8.40. The van der Waals surface area contributed by atoms with Crippen molar-refractivity contribution in [2.24, 2.45) is 5.41 Å². The average Bonchev–Trinajstić information content (AvgIpc) is 2.25. The zero-order valence-corrected chi connectivity index (χ0v) is 13.2. The molecule has 0 heterocycles. The summed E-state index contributed by atoms with van der Waals surface area (Å²) in [6.07, 6.45) is 2.48. The molecule has 0 saturated heterocycles. The van der Waals surface area contributed by atoms with E-state index in [4.69, 9.17) is 0 Å². The fourth-order valence-electron chi connectivity index (χ4n) is 1.41. The number of carbonyl (C=O) groups excluding carboxylic acids is 2. The average molecular weight is 277 g/mol. The molecular weight excluding hydrogens is 254 g/mol. The van der Waals surface area contributed by atoms with Gasteiger partial charge in [0.2, 0.25) is 5.91 Å². The van der Waals surface area contributed by atoms with Crippen LogP contribution in [0.4, 0.5) is 0 Å². The van der Waals surface area contributed by atoms with Crippen LogP contribution in [0.25, 0.3) is 0 Å². The molecule has 0 aliphatic carbocycles. The van der Waals surface area contributed by atoms with Crippen molar-refractivity contribution >= 4 is 33.3 Å². The van der Waals surface area contributed by atoms with Crippen molar-refractivity contribution in [2.45, 2.75) is 40.2 Å². The van der Waals surface area contributed by atoms with Gasteiger partial charge in [0.15, 0.2) is 5.78 Å². The molecule has 0 spiro atoms. The summed E-state index contributed by atoms with van der Waals surface area (Å²) < 4.78 is 0. The predicted octanol–water partition coefficient (Wildman–Crippen LogP) is 2.85. The fraction of sp³-hybridized carbons (Fsp3) is 0.833. The van der Waals surface area contributed by atoms with Gasteiger partial charge in [-0.3, -0.25) is 9.59 Å². The molecule has 0 saturated carbocycles. The van der Waals surface area contributed by atoms with Gasteiger partial charge in [-0.1, -0.05) is 42.4 Å². The van der Waals surface area contributed by atoms with Gasteiger partial charge in [-0.15, -0.1) is 0 Å². The Hall–Kier alpha value is -0.160. The van der Waals surface area contributed by atoms with Crippen molar-refractivity contribution < 1.29 is 9.59 Å². The summed E-state index contributed by atoms with van der Waals surface area (Å²) in [5, 5.41) is 0. The van der Waals surface area contributed by atoms with E-state index in [9.17, 15) is 9.59 Å². The topological polar surface area (TPSA) is 37.4 Å². The van der Waals surface area contributed by atoms with Gasteiger partial charge < -0.3 is 4.90 Å². The summed E-state index contributed by atoms with van der Waals surface area (Å²) in [7, 11) is 5.03. The molecule has 3 nitrogen and oxygen atoms in total. The second-order valence-electron chi connectivity index (χ2n) is 5.03. The first-order chi connectivity index (χ1) is 7.71. The van der Waals surface area contributed by atoms with Crippen LogP contribution in [0.3, 0.4) is 0 Å². The number of amides is 1. The van der Waals surface area contributed by atoms with E-state index >= 15 is 0 Å². The maximum absolute atomic E-state index is 12.0. The van der Waals surface area contributed by atoms with E-state index in [-0.39, 0.29) is 17.7 Å². The zero-order chi connectivity index (χ0) is 13.6. The van der Waals surface area contributed by atoms with Gasteiger partial charge in [0.05, 0.1) is 6.04 Å². The monoisotopic (exact) mass is 277 g/mol. The van der Waals surface area contributed by atoms with Crippen LogP contribution in [0.15, 0.2) is 0 Å². The largest absolute Gasteiger partial charge is 0.336 e. The Kier molecular flexibility index (Phi) is 7.24. The van der Waals surface area contributed by atoms with Gasteiger partial charge in [-0.2, -0.15) is 0 Å². The van der Waals surface area contributed by atoms with E-state index < -0.39 is 5.41 Å². The third kappa shape index (κ3) is 5.82. The molecule has 0 N–H and O–H groups in total. The van der Waals surface area contributed by atoms with E-state index in [1.807, 2.05) is 27.0 Å². The van der Waals surface area contributed by atoms with E-state index in [1.54, 1.807) is 40.5 Å². The number of Topliss-reactive ketones (excluding diaryl/α,β-unsaturated/α-hetero) is 1. The maximum atomic E-state index is 12.0. The number of hydrogen-bond acceptors (Lipinski definition) is 4. The molecule has 0 aliphatic rings. The Morgan fingerprint density at radius 2 is 1.82 bits per heavy atom. The van der Waals surface area contributed by atoms with Gasteiger partial charge >= 0.3 is 0 Å². The number of carbonyl (C=O) groups is 2. The Bertz CT molecular complexity index is 274. The normalized spacial score (nSPS) is 13.3. The minimum Gasteiger partial charge on any atom is -0.336 e. The van der Waals surface area contributed by atoms with Crippen LogP contribution in [-0.2, 0) is 9.59 Å². The third-order valence-corrected chi connectivity index (χ3v) is 4.42. The second kappa shape index (κ2) is 7.31. The summed E-state index contributed by atoms with van der Waals surface area (Å²) in [5.74, 6) is 0.934. The van der Waals surface area contributed by atoms with Crippen LogP contribution in [-0.4, -0.2) is 41.7 Å². The molecule has 0 unspecified atom stereocenters. The fourth-order valence-corrected chi connectivity index (χ4v) is 2.58. The zero-order valence-electron chi connectivity index (χ0n) is 11.6. The Morgan fingerprint density at radius 1 is 1.29 bits per heavy atom. The molecule has 17 heavy (non-hydrogen) atoms. The molecule has 1 atom stereocenters. The Labute approximate surface area is 112 Å². The lowest BCUT2D eigenvalue weighted by Gasteiger charge is -2.29. The van der Waals surface area contributed by atoms with Crippen LogP contribution >= 0.6 is 21.6 Å². The molecule has 0 aromatic heterocycles. The molecule has 0 rings (SSSR count). The Balaban J connectivity index is 4.34. The number of rotatable bonds is 6. The highest BCUT2D eigenvalue weighted by atomic mass is 33.1. The quantitative estimate of drug-likeness (QED) is 0.552. The van der Waals surface area contributed by atoms with Gasteiger partial charge in [-0.05, 0) is 13.2 Å². The molecule has 100 valence electrons. The molecule has 0 fully saturated rings. The van der Waals surface area contributed by atoms with Crippen LogP contribution in [0.1, 0.15) is 34.1 Å². The number of nitrogens with zero attached hydrogens (tertiary/aromatic N) is 1. The highest BCUT2D eigenvalue weighted by Gasteiger charge is 2.30. The first kappa shape index (κ1) is 16.8. The SMILES string of the molecule is CSSCCC(=O)N(C)[C@@H](C)C(=O)C(C)(C)C. The molecular formula is C12H23NO2S2. The van der Waals surface area contributed by atoms with Crippen molar-refractivity contribution in [1.82, 2.24) is 4.90 Å². The molecule has 1 amide bonds. The van der Waals surface area contributed by atoms with Gasteiger partial charge in [-0.25, -0.2) is 0 Å². The molecule has 0 aromatic carbocycles. The molecule has 0 aromatic rings. The van der Waals surface area contributed by atoms with Crippen molar-refractivity contribution in [1.29, 1.82) is 0 Å². The van der Waals surface area contributed by atoms with Crippen molar-refractivity contribution in [3.63, 3.8) is 0 Å². The minimum atomic E-state index is -0.401. The Morgan fingerprint density at radius 3 is 2.24 bits per heavy atom. The summed E-state index contributed by atoms with van der Waals surface area (Å²) in [5.41, 5.74) is -0.401. The minimum absolute atomic E-state index is 0.0386. The van der Waals surface area contributed by atoms with Gasteiger partial charge in [0.25, 0.3) is 0 Å². The highest BCUT2D eigenvalue weighted by Crippen LogP contribution is 2.21. The summed E-state index contributed by atoms with van der Waals surface area (Å²) >= 11 is 0. The molecule has 5 heteroatoms. The van der Waals surface area contributed by atoms with Crippen molar-refractivity contribution in [3.8, 4) is 0 Å². The number of ketones is 1. The van der Waals surface area contributed by atoms with Crippen molar-refractivity contribution in [3.05, 3.63) is 0 Å². The third-order valence-electron chi connectivity index (χ3n) is 2.61. The molecule has 0 bridgehead atoms. The standard InChI is InChI=1S/C12H23NO2S2/c1-9(11(15)12(2,3)4)13(5)10(14)7-8-17-16-6/h9H,7-8H2,1-6H3/t9-/m0/s1. The van der Waals surface area contributed by atoms with Gasteiger partial charge in [0.1, 0.15) is 0 Å². The molecule has 0 radical (unpaired) electrons. The second-order valence-corrected chi connectivity index (χ2v) is 7.72. The van der Waals surface area contributed by atoms with Crippen LogP contribution < -0.4 is 0 Å². The maximum Gasteiger partial charge on any atom is 0.223 e. The first-order valence-electron chi connectivity index (χ1n) is 5.67. The molecule has 0 aliphatic heterocycles. The lowest BCUT2D eigenvalue weighted by Crippen LogP contribution is -2.44. The van der Waals surface area contributed by atoms with E-state index in [2.05, 4.69) is 0 Å². The lowest BCUT2D eigenvalue weighted by molar-refractivity contribution is -0.140. The number of hydrogen-bond donors (Lipinski definition) is 0. The van der Waals surface area contributed by atoms with Gasteiger partial charge in [0, 0.05) is 24.6 Å². The smallest absolute Gasteiger partial charge is 0.223 e. The summed E-state index contributed by atoms with van der Waals surface area (Å²) in [6.45, 7) is 7.45. The predicted molar refractivity (Wildman–Crippen MR) is 77.3 cm³/mol. The van der Waals surface area contributed by atoms with Crippen molar-refractivity contribution in [2.75, 3.05) is 19.1 Å². The van der Waals surface area contributed by atoms with Crippen LogP contribution in [0.2, 0.25) is 0 Å². The van der Waals surface area contributed by atoms with E-state index in [1.165, 1.54) is 0 Å². The highest BCUT2D eigenvalue weighted by molar-refractivity contribution is 8.76.